The molecule has 0 rings (SSSR count). The van der Waals surface area contributed by atoms with Crippen LogP contribution >= 0.6 is 0 Å². The molecule has 0 bridgehead atoms. The van der Waals surface area contributed by atoms with Gasteiger partial charge < -0.3 is 4.84 Å². The Balaban J connectivity index is 3.27. The van der Waals surface area contributed by atoms with Crippen LogP contribution in [0.15, 0.2) is 24.3 Å². The monoisotopic (exact) mass is 143 g/mol. The molecule has 0 heterocycles. The Bertz CT molecular complexity index is 151. The Kier molecular flexibility index (Phi) is 5.04. The first-order valence-corrected chi connectivity index (χ1v) is 2.82. The number of allylic oxidation sites excluding steroid dienone is 3. The topological polar surface area (TPSA) is 52.4 Å². The van der Waals surface area contributed by atoms with Crippen LogP contribution < -0.4 is 0 Å². The Morgan fingerprint density at radius 1 is 1.60 bits per heavy atom. The lowest BCUT2D eigenvalue weighted by atomic mass is 10.4. The molecule has 0 aromatic carbocycles. The molecule has 0 atom stereocenters. The van der Waals surface area contributed by atoms with E-state index in [1.807, 2.05) is 13.0 Å². The summed E-state index contributed by atoms with van der Waals surface area (Å²) in [6, 6.07) is 0. The largest absolute Gasteiger partial charge is 0.310 e. The van der Waals surface area contributed by atoms with E-state index >= 15 is 0 Å². The van der Waals surface area contributed by atoms with Crippen LogP contribution in [0.25, 0.3) is 0 Å². The van der Waals surface area contributed by atoms with Crippen molar-refractivity contribution in [2.24, 2.45) is 0 Å². The molecule has 0 saturated heterocycles. The van der Waals surface area contributed by atoms with Gasteiger partial charge in [-0.15, -0.1) is 10.1 Å². The molecule has 4 heteroatoms. The van der Waals surface area contributed by atoms with Gasteiger partial charge in [0.25, 0.3) is 5.09 Å². The highest BCUT2D eigenvalue weighted by molar-refractivity contribution is 5.00. The number of hydrogen-bond acceptors (Lipinski definition) is 3. The molecule has 0 spiro atoms. The molecule has 0 N–H and O–H groups in total. The number of rotatable bonds is 4. The minimum atomic E-state index is -0.819. The van der Waals surface area contributed by atoms with E-state index in [1.165, 1.54) is 0 Å². The molecule has 4 nitrogen and oxygen atoms in total. The molecule has 0 aliphatic carbocycles. The van der Waals surface area contributed by atoms with Gasteiger partial charge in [0.2, 0.25) is 0 Å². The standard InChI is InChI=1S/C6H9NO3/c1-2-3-4-5-6-10-7(8)9/h2-5H,6H2,1H3/b3-2+,5-4+. The summed E-state index contributed by atoms with van der Waals surface area (Å²) in [6.07, 6.45) is 6.83. The van der Waals surface area contributed by atoms with E-state index in [1.54, 1.807) is 18.2 Å². The maximum absolute atomic E-state index is 9.56. The summed E-state index contributed by atoms with van der Waals surface area (Å²) in [4.78, 5) is 13.6. The first-order chi connectivity index (χ1) is 4.77. The van der Waals surface area contributed by atoms with Gasteiger partial charge in [-0.3, -0.25) is 0 Å². The predicted octanol–water partition coefficient (Wildman–Crippen LogP) is 1.33. The third kappa shape index (κ3) is 6.68. The van der Waals surface area contributed by atoms with E-state index in [-0.39, 0.29) is 6.61 Å². The third-order valence-corrected chi connectivity index (χ3v) is 0.716. The molecule has 0 unspecified atom stereocenters. The fourth-order valence-corrected chi connectivity index (χ4v) is 0.349. The SMILES string of the molecule is C/C=C/C=C/CO[N+](=O)[O-]. The second kappa shape index (κ2) is 5.81. The van der Waals surface area contributed by atoms with Crippen molar-refractivity contribution in [1.29, 1.82) is 0 Å². The van der Waals surface area contributed by atoms with Gasteiger partial charge in [-0.1, -0.05) is 24.3 Å². The van der Waals surface area contributed by atoms with Gasteiger partial charge in [-0.2, -0.15) is 0 Å². The van der Waals surface area contributed by atoms with E-state index in [9.17, 15) is 10.1 Å². The van der Waals surface area contributed by atoms with Gasteiger partial charge in [0.05, 0.1) is 0 Å². The second-order valence-electron chi connectivity index (χ2n) is 1.47. The van der Waals surface area contributed by atoms with Gasteiger partial charge in [0.15, 0.2) is 0 Å². The van der Waals surface area contributed by atoms with Crippen molar-refractivity contribution in [2.75, 3.05) is 6.61 Å². The fourth-order valence-electron chi connectivity index (χ4n) is 0.349. The molecule has 0 saturated carbocycles. The Labute approximate surface area is 58.9 Å². The fraction of sp³-hybridized carbons (Fsp3) is 0.333. The lowest BCUT2D eigenvalue weighted by molar-refractivity contribution is -0.755. The van der Waals surface area contributed by atoms with Gasteiger partial charge in [-0.25, -0.2) is 0 Å². The maximum atomic E-state index is 9.56. The lowest BCUT2D eigenvalue weighted by Gasteiger charge is -1.87. The number of hydrogen-bond donors (Lipinski definition) is 0. The average molecular weight is 143 g/mol. The van der Waals surface area contributed by atoms with Crippen molar-refractivity contribution in [1.82, 2.24) is 0 Å². The van der Waals surface area contributed by atoms with Crippen LogP contribution in [0.2, 0.25) is 0 Å². The molecular weight excluding hydrogens is 134 g/mol. The average Bonchev–Trinajstić information content (AvgIpc) is 1.87. The van der Waals surface area contributed by atoms with E-state index in [2.05, 4.69) is 4.84 Å². The lowest BCUT2D eigenvalue weighted by Crippen LogP contribution is -1.98. The summed E-state index contributed by atoms with van der Waals surface area (Å²) in [5, 5.41) is 8.74. The summed E-state index contributed by atoms with van der Waals surface area (Å²) < 4.78 is 0. The van der Waals surface area contributed by atoms with Crippen LogP contribution in [-0.4, -0.2) is 11.7 Å². The van der Waals surface area contributed by atoms with E-state index in [0.717, 1.165) is 0 Å². The van der Waals surface area contributed by atoms with Crippen LogP contribution in [0.4, 0.5) is 0 Å². The zero-order chi connectivity index (χ0) is 7.82. The highest BCUT2D eigenvalue weighted by Crippen LogP contribution is 1.79. The summed E-state index contributed by atoms with van der Waals surface area (Å²) in [6.45, 7) is 1.87. The zero-order valence-electron chi connectivity index (χ0n) is 5.69. The Morgan fingerprint density at radius 2 is 2.30 bits per heavy atom. The third-order valence-electron chi connectivity index (χ3n) is 0.716. The molecule has 0 aliphatic rings. The van der Waals surface area contributed by atoms with Gasteiger partial charge in [0, 0.05) is 0 Å². The van der Waals surface area contributed by atoms with Gasteiger partial charge >= 0.3 is 0 Å². The number of nitrogens with zero attached hydrogens (tertiary/aromatic N) is 1. The van der Waals surface area contributed by atoms with Crippen molar-refractivity contribution in [2.45, 2.75) is 6.92 Å². The van der Waals surface area contributed by atoms with Crippen LogP contribution in [0, 0.1) is 10.1 Å². The molecule has 0 amide bonds. The molecule has 0 fully saturated rings. The quantitative estimate of drug-likeness (QED) is 0.339. The molecular formula is C6H9NO3. The van der Waals surface area contributed by atoms with Gasteiger partial charge in [0.1, 0.15) is 6.61 Å². The molecule has 56 valence electrons. The summed E-state index contributed by atoms with van der Waals surface area (Å²) in [5.74, 6) is 0. The van der Waals surface area contributed by atoms with Crippen molar-refractivity contribution >= 4 is 0 Å². The van der Waals surface area contributed by atoms with Crippen LogP contribution in [0.3, 0.4) is 0 Å². The zero-order valence-corrected chi connectivity index (χ0v) is 5.69. The molecule has 0 aliphatic heterocycles. The summed E-state index contributed by atoms with van der Waals surface area (Å²) >= 11 is 0. The van der Waals surface area contributed by atoms with Crippen molar-refractivity contribution in [3.05, 3.63) is 34.4 Å². The Morgan fingerprint density at radius 3 is 2.80 bits per heavy atom. The Hall–Kier alpha value is -1.32. The van der Waals surface area contributed by atoms with E-state index in [4.69, 9.17) is 0 Å². The van der Waals surface area contributed by atoms with Crippen molar-refractivity contribution < 1.29 is 9.92 Å². The molecule has 0 radical (unpaired) electrons. The smallest absolute Gasteiger partial charge is 0.294 e. The minimum Gasteiger partial charge on any atom is -0.310 e. The molecule has 10 heavy (non-hydrogen) atoms. The summed E-state index contributed by atoms with van der Waals surface area (Å²) in [5.41, 5.74) is 0. The van der Waals surface area contributed by atoms with Crippen LogP contribution in [0.1, 0.15) is 6.92 Å². The first kappa shape index (κ1) is 8.68. The highest BCUT2D eigenvalue weighted by Gasteiger charge is 1.86. The minimum absolute atomic E-state index is 0.0112. The first-order valence-electron chi connectivity index (χ1n) is 2.82. The van der Waals surface area contributed by atoms with Crippen LogP contribution in [-0.2, 0) is 4.84 Å². The summed E-state index contributed by atoms with van der Waals surface area (Å²) in [7, 11) is 0. The molecule has 0 aromatic heterocycles. The second-order valence-corrected chi connectivity index (χ2v) is 1.47. The predicted molar refractivity (Wildman–Crippen MR) is 36.9 cm³/mol. The van der Waals surface area contributed by atoms with Crippen LogP contribution in [0.5, 0.6) is 0 Å². The van der Waals surface area contributed by atoms with E-state index in [0.29, 0.717) is 0 Å². The van der Waals surface area contributed by atoms with Gasteiger partial charge in [-0.05, 0) is 6.92 Å². The molecule has 0 aromatic rings. The maximum Gasteiger partial charge on any atom is 0.294 e. The van der Waals surface area contributed by atoms with Crippen molar-refractivity contribution in [3.8, 4) is 0 Å². The highest BCUT2D eigenvalue weighted by atomic mass is 16.9. The van der Waals surface area contributed by atoms with E-state index < -0.39 is 5.09 Å². The normalized spacial score (nSPS) is 10.9. The van der Waals surface area contributed by atoms with Crippen molar-refractivity contribution in [3.63, 3.8) is 0 Å².